The number of amides is 1. The van der Waals surface area contributed by atoms with Crippen LogP contribution in [0.15, 0.2) is 60.7 Å². The Hall–Kier alpha value is -3.91. The van der Waals surface area contributed by atoms with Gasteiger partial charge in [0.05, 0.1) is 19.3 Å². The summed E-state index contributed by atoms with van der Waals surface area (Å²) in [5.74, 6) is -1.81. The maximum Gasteiger partial charge on any atom is 0.297 e. The number of ether oxygens (including phenoxy) is 1. The number of aromatic nitrogens is 2. The molecule has 0 spiro atoms. The Bertz CT molecular complexity index is 1300. The quantitative estimate of drug-likeness (QED) is 0.289. The predicted molar refractivity (Wildman–Crippen MR) is 140 cm³/mol. The smallest absolute Gasteiger partial charge is 0.297 e. The largest absolute Gasteiger partial charge is 0.378 e. The number of rotatable bonds is 6. The summed E-state index contributed by atoms with van der Waals surface area (Å²) in [6, 6.07) is 17.5. The van der Waals surface area contributed by atoms with Crippen molar-refractivity contribution in [3.63, 3.8) is 0 Å². The van der Waals surface area contributed by atoms with Gasteiger partial charge in [-0.05, 0) is 36.1 Å². The van der Waals surface area contributed by atoms with Crippen molar-refractivity contribution in [2.75, 3.05) is 36.1 Å². The van der Waals surface area contributed by atoms with Crippen LogP contribution in [0.3, 0.4) is 0 Å². The molecule has 3 aromatic rings. The molecule has 2 saturated heterocycles. The Balaban J connectivity index is 1.55. The molecule has 1 aromatic heterocycles. The van der Waals surface area contributed by atoms with Crippen molar-refractivity contribution >= 4 is 29.1 Å². The lowest BCUT2D eigenvalue weighted by Gasteiger charge is -2.29. The summed E-state index contributed by atoms with van der Waals surface area (Å²) in [4.78, 5) is 43.8. The number of hydrogen-bond acceptors (Lipinski definition) is 7. The third kappa shape index (κ3) is 4.76. The molecule has 2 aromatic carbocycles. The van der Waals surface area contributed by atoms with Gasteiger partial charge in [0, 0.05) is 18.7 Å². The average Bonchev–Trinajstić information content (AvgIpc) is 3.19. The summed E-state index contributed by atoms with van der Waals surface area (Å²) < 4.78 is 5.40. The minimum atomic E-state index is -1.18. The molecule has 1 amide bonds. The zero-order valence-corrected chi connectivity index (χ0v) is 21.3. The fourth-order valence-corrected chi connectivity index (χ4v) is 4.90. The van der Waals surface area contributed by atoms with E-state index in [2.05, 4.69) is 28.9 Å². The van der Waals surface area contributed by atoms with Crippen molar-refractivity contribution in [3.05, 3.63) is 82.9 Å². The van der Waals surface area contributed by atoms with Crippen LogP contribution in [0.4, 0.5) is 11.6 Å². The second kappa shape index (κ2) is 10.2. The molecule has 8 heteroatoms. The van der Waals surface area contributed by atoms with Gasteiger partial charge in [-0.1, -0.05) is 67.9 Å². The van der Waals surface area contributed by atoms with Gasteiger partial charge in [0.15, 0.2) is 17.4 Å². The lowest BCUT2D eigenvalue weighted by atomic mass is 9.85. The number of ketones is 2. The number of aryl methyl sites for hydroxylation is 1. The number of anilines is 2. The molecule has 0 radical (unpaired) electrons. The van der Waals surface area contributed by atoms with Gasteiger partial charge in [-0.2, -0.15) is 0 Å². The highest BCUT2D eigenvalue weighted by molar-refractivity contribution is 6.48. The number of benzene rings is 2. The highest BCUT2D eigenvalue weighted by atomic mass is 16.5. The van der Waals surface area contributed by atoms with E-state index in [1.54, 1.807) is 24.3 Å². The third-order valence-electron chi connectivity index (χ3n) is 7.09. The molecular weight excluding hydrogens is 468 g/mol. The monoisotopic (exact) mass is 498 g/mol. The summed E-state index contributed by atoms with van der Waals surface area (Å²) in [5, 5.41) is 8.67. The van der Waals surface area contributed by atoms with E-state index in [0.29, 0.717) is 49.2 Å². The molecule has 2 fully saturated rings. The minimum absolute atomic E-state index is 0.243. The van der Waals surface area contributed by atoms with Crippen molar-refractivity contribution in [1.82, 2.24) is 10.2 Å². The molecule has 0 aliphatic carbocycles. The van der Waals surface area contributed by atoms with Gasteiger partial charge in [-0.25, -0.2) is 0 Å². The molecular formula is C29H30N4O4. The van der Waals surface area contributed by atoms with Crippen LogP contribution >= 0.6 is 0 Å². The van der Waals surface area contributed by atoms with Crippen LogP contribution in [-0.2, 0) is 14.3 Å². The van der Waals surface area contributed by atoms with E-state index < -0.39 is 23.7 Å². The number of nitrogens with zero attached hydrogens (tertiary/aromatic N) is 4. The molecule has 2 unspecified atom stereocenters. The highest BCUT2D eigenvalue weighted by Crippen LogP contribution is 2.41. The summed E-state index contributed by atoms with van der Waals surface area (Å²) in [7, 11) is 0. The van der Waals surface area contributed by atoms with E-state index in [4.69, 9.17) is 4.74 Å². The first-order chi connectivity index (χ1) is 17.8. The Morgan fingerprint density at radius 3 is 2.11 bits per heavy atom. The first-order valence-corrected chi connectivity index (χ1v) is 12.6. The predicted octanol–water partition coefficient (Wildman–Crippen LogP) is 3.90. The first-order valence-electron chi connectivity index (χ1n) is 12.6. The van der Waals surface area contributed by atoms with Crippen molar-refractivity contribution < 1.29 is 19.1 Å². The SMILES string of the molecule is Cc1ccc(C(=O)C2C(=O)C(=O)N(c3ccc(N4CCOCC4)nn3)C2c2ccc(C(C)C)cc2)cc1. The van der Waals surface area contributed by atoms with Gasteiger partial charge in [0.1, 0.15) is 5.92 Å². The highest BCUT2D eigenvalue weighted by Gasteiger charge is 2.53. The molecule has 0 N–H and O–H groups in total. The summed E-state index contributed by atoms with van der Waals surface area (Å²) in [6.07, 6.45) is 0. The summed E-state index contributed by atoms with van der Waals surface area (Å²) in [6.45, 7) is 8.75. The maximum atomic E-state index is 13.7. The Morgan fingerprint density at radius 2 is 1.51 bits per heavy atom. The summed E-state index contributed by atoms with van der Waals surface area (Å²) >= 11 is 0. The van der Waals surface area contributed by atoms with Gasteiger partial charge >= 0.3 is 0 Å². The molecule has 3 heterocycles. The van der Waals surface area contributed by atoms with Gasteiger partial charge < -0.3 is 9.64 Å². The maximum absolute atomic E-state index is 13.7. The molecule has 37 heavy (non-hydrogen) atoms. The van der Waals surface area contributed by atoms with Gasteiger partial charge in [-0.3, -0.25) is 19.3 Å². The number of hydrogen-bond donors (Lipinski definition) is 0. The van der Waals surface area contributed by atoms with Crippen molar-refractivity contribution in [2.24, 2.45) is 5.92 Å². The molecule has 2 atom stereocenters. The topological polar surface area (TPSA) is 92.7 Å². The minimum Gasteiger partial charge on any atom is -0.378 e. The van der Waals surface area contributed by atoms with E-state index in [1.807, 2.05) is 43.3 Å². The fourth-order valence-electron chi connectivity index (χ4n) is 4.90. The molecule has 2 aliphatic rings. The first kappa shape index (κ1) is 24.8. The Kier molecular flexibility index (Phi) is 6.84. The van der Waals surface area contributed by atoms with Crippen molar-refractivity contribution in [3.8, 4) is 0 Å². The van der Waals surface area contributed by atoms with Crippen LogP contribution in [-0.4, -0.2) is 54.0 Å². The van der Waals surface area contributed by atoms with Gasteiger partial charge in [0.2, 0.25) is 5.78 Å². The van der Waals surface area contributed by atoms with Crippen molar-refractivity contribution in [1.29, 1.82) is 0 Å². The zero-order valence-electron chi connectivity index (χ0n) is 21.3. The number of Topliss-reactive ketones (excluding diaryl/α,β-unsaturated/α-hetero) is 2. The second-order valence-electron chi connectivity index (χ2n) is 9.86. The third-order valence-corrected chi connectivity index (χ3v) is 7.09. The molecule has 190 valence electrons. The Labute approximate surface area is 216 Å². The molecule has 8 nitrogen and oxygen atoms in total. The van der Waals surface area contributed by atoms with Crippen molar-refractivity contribution in [2.45, 2.75) is 32.7 Å². The average molecular weight is 499 g/mol. The van der Waals surface area contributed by atoms with Gasteiger partial charge in [0.25, 0.3) is 5.91 Å². The lowest BCUT2D eigenvalue weighted by molar-refractivity contribution is -0.135. The van der Waals surface area contributed by atoms with Crippen LogP contribution in [0.5, 0.6) is 0 Å². The number of carbonyl (C=O) groups excluding carboxylic acids is 3. The van der Waals surface area contributed by atoms with Crippen LogP contribution < -0.4 is 9.80 Å². The van der Waals surface area contributed by atoms with E-state index in [1.165, 1.54) is 4.90 Å². The Morgan fingerprint density at radius 1 is 0.892 bits per heavy atom. The van der Waals surface area contributed by atoms with Gasteiger partial charge in [-0.15, -0.1) is 10.2 Å². The van der Waals surface area contributed by atoms with Crippen LogP contribution in [0.2, 0.25) is 0 Å². The van der Waals surface area contributed by atoms with Crippen LogP contribution in [0, 0.1) is 12.8 Å². The second-order valence-corrected chi connectivity index (χ2v) is 9.86. The van der Waals surface area contributed by atoms with Crippen LogP contribution in [0.1, 0.15) is 52.9 Å². The van der Waals surface area contributed by atoms with E-state index in [-0.39, 0.29) is 11.6 Å². The van der Waals surface area contributed by atoms with Crippen LogP contribution in [0.25, 0.3) is 0 Å². The molecule has 0 bridgehead atoms. The normalized spacial score (nSPS) is 20.1. The standard InChI is InChI=1S/C29H30N4O4/c1-18(2)20-8-10-21(11-9-20)26-25(27(34)22-6-4-19(3)5-7-22)28(35)29(36)33(26)24-13-12-23(30-31-24)32-14-16-37-17-15-32/h4-13,18,25-26H,14-17H2,1-3H3. The van der Waals surface area contributed by atoms with E-state index in [9.17, 15) is 14.4 Å². The van der Waals surface area contributed by atoms with E-state index in [0.717, 1.165) is 11.1 Å². The zero-order chi connectivity index (χ0) is 26.1. The number of carbonyl (C=O) groups is 3. The summed E-state index contributed by atoms with van der Waals surface area (Å²) in [5.41, 5.74) is 3.23. The lowest BCUT2D eigenvalue weighted by Crippen LogP contribution is -2.37. The van der Waals surface area contributed by atoms with E-state index >= 15 is 0 Å². The number of morpholine rings is 1. The molecule has 2 aliphatic heterocycles. The molecule has 0 saturated carbocycles. The molecule has 5 rings (SSSR count). The fraction of sp³-hybridized carbons (Fsp3) is 0.345.